The number of carboxylic acid groups (broad SMARTS) is 1. The van der Waals surface area contributed by atoms with Gasteiger partial charge in [0.15, 0.2) is 0 Å². The Kier molecular flexibility index (Phi) is 2.44. The molecule has 12 heavy (non-hydrogen) atoms. The lowest BCUT2D eigenvalue weighted by atomic mass is 10.2. The molecule has 1 atom stereocenters. The van der Waals surface area contributed by atoms with Gasteiger partial charge in [-0.25, -0.2) is 9.78 Å². The largest absolute Gasteiger partial charge is 0.476 e. The first-order valence-electron chi connectivity index (χ1n) is 3.48. The van der Waals surface area contributed by atoms with Gasteiger partial charge in [-0.05, 0) is 13.8 Å². The SMILES string of the molecule is Cc1nc(C(=O)O)sc1C(C)N. The zero-order valence-electron chi connectivity index (χ0n) is 6.87. The molecule has 0 aliphatic heterocycles. The van der Waals surface area contributed by atoms with E-state index in [0.717, 1.165) is 16.2 Å². The Morgan fingerprint density at radius 1 is 1.75 bits per heavy atom. The van der Waals surface area contributed by atoms with Crippen LogP contribution in [0.15, 0.2) is 0 Å². The molecule has 0 amide bonds. The maximum absolute atomic E-state index is 10.5. The Morgan fingerprint density at radius 3 is 2.58 bits per heavy atom. The van der Waals surface area contributed by atoms with E-state index in [1.54, 1.807) is 6.92 Å². The fourth-order valence-corrected chi connectivity index (χ4v) is 1.78. The van der Waals surface area contributed by atoms with Gasteiger partial charge in [-0.2, -0.15) is 0 Å². The molecule has 0 radical (unpaired) electrons. The monoisotopic (exact) mass is 186 g/mol. The minimum atomic E-state index is -0.991. The van der Waals surface area contributed by atoms with Crippen molar-refractivity contribution in [3.63, 3.8) is 0 Å². The second kappa shape index (κ2) is 3.20. The highest BCUT2D eigenvalue weighted by atomic mass is 32.1. The van der Waals surface area contributed by atoms with Crippen molar-refractivity contribution in [3.8, 4) is 0 Å². The van der Waals surface area contributed by atoms with E-state index in [-0.39, 0.29) is 11.0 Å². The summed E-state index contributed by atoms with van der Waals surface area (Å²) < 4.78 is 0. The maximum Gasteiger partial charge on any atom is 0.365 e. The molecule has 0 aromatic carbocycles. The van der Waals surface area contributed by atoms with E-state index >= 15 is 0 Å². The molecule has 1 heterocycles. The first-order valence-corrected chi connectivity index (χ1v) is 4.30. The van der Waals surface area contributed by atoms with Crippen molar-refractivity contribution in [2.75, 3.05) is 0 Å². The van der Waals surface area contributed by atoms with E-state index in [4.69, 9.17) is 10.8 Å². The molecule has 1 aromatic heterocycles. The lowest BCUT2D eigenvalue weighted by Gasteiger charge is -1.99. The third-order valence-corrected chi connectivity index (χ3v) is 2.78. The Hall–Kier alpha value is -0.940. The van der Waals surface area contributed by atoms with Gasteiger partial charge in [-0.1, -0.05) is 0 Å². The van der Waals surface area contributed by atoms with Gasteiger partial charge >= 0.3 is 5.97 Å². The van der Waals surface area contributed by atoms with Gasteiger partial charge < -0.3 is 10.8 Å². The van der Waals surface area contributed by atoms with Crippen molar-refractivity contribution in [1.29, 1.82) is 0 Å². The molecule has 0 saturated carbocycles. The summed E-state index contributed by atoms with van der Waals surface area (Å²) in [6, 6.07) is -0.143. The molecule has 1 rings (SSSR count). The van der Waals surface area contributed by atoms with Gasteiger partial charge in [0.25, 0.3) is 0 Å². The van der Waals surface area contributed by atoms with Crippen LogP contribution in [0.1, 0.15) is 33.3 Å². The van der Waals surface area contributed by atoms with Crippen molar-refractivity contribution in [3.05, 3.63) is 15.6 Å². The molecule has 0 spiro atoms. The highest BCUT2D eigenvalue weighted by Crippen LogP contribution is 2.22. The molecule has 4 nitrogen and oxygen atoms in total. The molecule has 5 heteroatoms. The Labute approximate surface area is 74.0 Å². The number of aromatic carboxylic acids is 1. The predicted octanol–water partition coefficient (Wildman–Crippen LogP) is 1.17. The summed E-state index contributed by atoms with van der Waals surface area (Å²) in [5.74, 6) is -0.991. The van der Waals surface area contributed by atoms with Crippen LogP contribution in [-0.4, -0.2) is 16.1 Å². The molecule has 66 valence electrons. The Balaban J connectivity index is 3.09. The maximum atomic E-state index is 10.5. The second-order valence-corrected chi connectivity index (χ2v) is 3.59. The molecule has 3 N–H and O–H groups in total. The van der Waals surface area contributed by atoms with Crippen molar-refractivity contribution < 1.29 is 9.90 Å². The lowest BCUT2D eigenvalue weighted by Crippen LogP contribution is -2.03. The molecular formula is C7H10N2O2S. The van der Waals surface area contributed by atoms with E-state index in [1.807, 2.05) is 6.92 Å². The number of carboxylic acids is 1. The van der Waals surface area contributed by atoms with Gasteiger partial charge in [0.1, 0.15) is 0 Å². The Morgan fingerprint density at radius 2 is 2.33 bits per heavy atom. The van der Waals surface area contributed by atoms with Crippen LogP contribution < -0.4 is 5.73 Å². The minimum absolute atomic E-state index is 0.111. The molecule has 0 fully saturated rings. The molecule has 0 saturated heterocycles. The van der Waals surface area contributed by atoms with Crippen LogP contribution in [0.3, 0.4) is 0 Å². The zero-order valence-corrected chi connectivity index (χ0v) is 7.68. The summed E-state index contributed by atoms with van der Waals surface area (Å²) in [7, 11) is 0. The summed E-state index contributed by atoms with van der Waals surface area (Å²) in [5.41, 5.74) is 6.32. The highest BCUT2D eigenvalue weighted by Gasteiger charge is 2.14. The van der Waals surface area contributed by atoms with Gasteiger partial charge in [-0.15, -0.1) is 11.3 Å². The number of aromatic nitrogens is 1. The van der Waals surface area contributed by atoms with E-state index in [9.17, 15) is 4.79 Å². The smallest absolute Gasteiger partial charge is 0.365 e. The first kappa shape index (κ1) is 9.15. The van der Waals surface area contributed by atoms with Gasteiger partial charge in [-0.3, -0.25) is 0 Å². The number of nitrogens with zero attached hydrogens (tertiary/aromatic N) is 1. The fourth-order valence-electron chi connectivity index (χ4n) is 0.922. The Bertz CT molecular complexity index is 306. The number of hydrogen-bond donors (Lipinski definition) is 2. The van der Waals surface area contributed by atoms with Crippen molar-refractivity contribution in [2.45, 2.75) is 19.9 Å². The summed E-state index contributed by atoms with van der Waals surface area (Å²) in [6.45, 7) is 3.58. The van der Waals surface area contributed by atoms with E-state index in [2.05, 4.69) is 4.98 Å². The second-order valence-electron chi connectivity index (χ2n) is 2.56. The minimum Gasteiger partial charge on any atom is -0.476 e. The van der Waals surface area contributed by atoms with Gasteiger partial charge in [0.2, 0.25) is 5.01 Å². The van der Waals surface area contributed by atoms with Crippen LogP contribution >= 0.6 is 11.3 Å². The molecule has 1 unspecified atom stereocenters. The third kappa shape index (κ3) is 1.62. The average Bonchev–Trinajstić information content (AvgIpc) is 2.30. The predicted molar refractivity (Wildman–Crippen MR) is 46.4 cm³/mol. The van der Waals surface area contributed by atoms with Crippen LogP contribution in [0.5, 0.6) is 0 Å². The molecular weight excluding hydrogens is 176 g/mol. The molecule has 0 aliphatic rings. The van der Waals surface area contributed by atoms with E-state index in [1.165, 1.54) is 0 Å². The topological polar surface area (TPSA) is 76.2 Å². The summed E-state index contributed by atoms with van der Waals surface area (Å²) in [4.78, 5) is 15.2. The lowest BCUT2D eigenvalue weighted by molar-refractivity contribution is 0.0696. The molecule has 0 bridgehead atoms. The number of thiazole rings is 1. The van der Waals surface area contributed by atoms with Crippen LogP contribution in [0, 0.1) is 6.92 Å². The summed E-state index contributed by atoms with van der Waals surface area (Å²) in [5, 5.41) is 8.72. The number of nitrogens with two attached hydrogens (primary N) is 1. The first-order chi connectivity index (χ1) is 5.52. The number of aryl methyl sites for hydroxylation is 1. The van der Waals surface area contributed by atoms with Crippen LogP contribution in [0.25, 0.3) is 0 Å². The van der Waals surface area contributed by atoms with Crippen molar-refractivity contribution in [1.82, 2.24) is 4.98 Å². The summed E-state index contributed by atoms with van der Waals surface area (Å²) in [6.07, 6.45) is 0. The normalized spacial score (nSPS) is 12.9. The standard InChI is InChI=1S/C7H10N2O2S/c1-3(8)5-4(2)9-6(12-5)7(10)11/h3H,8H2,1-2H3,(H,10,11). The molecule has 1 aromatic rings. The van der Waals surface area contributed by atoms with Gasteiger partial charge in [0, 0.05) is 10.9 Å². The summed E-state index contributed by atoms with van der Waals surface area (Å²) >= 11 is 1.14. The van der Waals surface area contributed by atoms with E-state index < -0.39 is 5.97 Å². The van der Waals surface area contributed by atoms with E-state index in [0.29, 0.717) is 5.69 Å². The fraction of sp³-hybridized carbons (Fsp3) is 0.429. The average molecular weight is 186 g/mol. The van der Waals surface area contributed by atoms with Crippen LogP contribution in [0.4, 0.5) is 0 Å². The number of carbonyl (C=O) groups is 1. The van der Waals surface area contributed by atoms with Crippen LogP contribution in [-0.2, 0) is 0 Å². The quantitative estimate of drug-likeness (QED) is 0.726. The van der Waals surface area contributed by atoms with Crippen molar-refractivity contribution >= 4 is 17.3 Å². The highest BCUT2D eigenvalue weighted by molar-refractivity contribution is 7.13. The third-order valence-electron chi connectivity index (χ3n) is 1.43. The number of hydrogen-bond acceptors (Lipinski definition) is 4. The van der Waals surface area contributed by atoms with Crippen LogP contribution in [0.2, 0.25) is 0 Å². The number of rotatable bonds is 2. The zero-order chi connectivity index (χ0) is 9.30. The van der Waals surface area contributed by atoms with Gasteiger partial charge in [0.05, 0.1) is 5.69 Å². The van der Waals surface area contributed by atoms with Crippen molar-refractivity contribution in [2.24, 2.45) is 5.73 Å². The molecule has 0 aliphatic carbocycles.